The van der Waals surface area contributed by atoms with Crippen molar-refractivity contribution in [2.24, 2.45) is 0 Å². The van der Waals surface area contributed by atoms with Crippen molar-refractivity contribution in [2.75, 3.05) is 9.80 Å². The molecule has 0 aliphatic carbocycles. The van der Waals surface area contributed by atoms with Crippen LogP contribution in [-0.2, 0) is 0 Å². The van der Waals surface area contributed by atoms with E-state index in [0.29, 0.717) is 0 Å². The first-order chi connectivity index (χ1) is 29.7. The van der Waals surface area contributed by atoms with Gasteiger partial charge >= 0.3 is 0 Å². The van der Waals surface area contributed by atoms with E-state index in [-0.39, 0.29) is 0 Å². The summed E-state index contributed by atoms with van der Waals surface area (Å²) in [5.41, 5.74) is 11.4. The molecule has 12 rings (SSSR count). The zero-order chi connectivity index (χ0) is 39.6. The summed E-state index contributed by atoms with van der Waals surface area (Å²) in [6, 6.07) is 80.5. The molecule has 0 saturated carbocycles. The van der Waals surface area contributed by atoms with Crippen LogP contribution in [0.2, 0.25) is 0 Å². The van der Waals surface area contributed by atoms with E-state index in [2.05, 4.69) is 239 Å². The Morgan fingerprint density at radius 1 is 0.317 bits per heavy atom. The third kappa shape index (κ3) is 5.53. The van der Waals surface area contributed by atoms with Crippen molar-refractivity contribution in [1.82, 2.24) is 4.57 Å². The Kier molecular flexibility index (Phi) is 7.82. The van der Waals surface area contributed by atoms with Gasteiger partial charge in [0.2, 0.25) is 0 Å². The maximum absolute atomic E-state index is 6.68. The van der Waals surface area contributed by atoms with Gasteiger partial charge in [0, 0.05) is 56.0 Å². The zero-order valence-corrected chi connectivity index (χ0v) is 32.6. The fourth-order valence-electron chi connectivity index (χ4n) is 9.15. The third-order valence-electron chi connectivity index (χ3n) is 11.9. The predicted molar refractivity (Wildman–Crippen MR) is 252 cm³/mol. The van der Waals surface area contributed by atoms with E-state index in [9.17, 15) is 0 Å². The van der Waals surface area contributed by atoms with E-state index in [0.717, 1.165) is 72.8 Å². The lowest BCUT2D eigenvalue weighted by Crippen LogP contribution is -2.14. The molecular weight excluding hydrogens is 731 g/mol. The minimum absolute atomic E-state index is 0.848. The van der Waals surface area contributed by atoms with Gasteiger partial charge in [0.05, 0.1) is 22.4 Å². The lowest BCUT2D eigenvalue weighted by Gasteiger charge is -2.30. The zero-order valence-electron chi connectivity index (χ0n) is 32.6. The number of furan rings is 1. The highest BCUT2D eigenvalue weighted by atomic mass is 16.3. The van der Waals surface area contributed by atoms with E-state index >= 15 is 0 Å². The Labute approximate surface area is 347 Å². The molecule has 0 amide bonds. The van der Waals surface area contributed by atoms with Crippen LogP contribution in [0.5, 0.6) is 0 Å². The molecule has 0 N–H and O–H groups in total. The van der Waals surface area contributed by atoms with Crippen LogP contribution in [0.25, 0.3) is 71.0 Å². The SMILES string of the molecule is c1ccc(N(c2ccc3c(c2)oc2cc4ccccc4cc23)c2cc(N(c3ccccc3)c3ccccc3)c3c4ccccc4n(-c4ccc5ccccc5c4)c3c2)cc1. The number of benzene rings is 10. The second-order valence-electron chi connectivity index (χ2n) is 15.4. The van der Waals surface area contributed by atoms with Gasteiger partial charge in [-0.25, -0.2) is 0 Å². The van der Waals surface area contributed by atoms with Crippen LogP contribution in [-0.4, -0.2) is 4.57 Å². The molecule has 4 nitrogen and oxygen atoms in total. The molecule has 0 atom stereocenters. The topological polar surface area (TPSA) is 24.6 Å². The molecule has 0 aliphatic rings. The number of anilines is 6. The molecule has 0 bridgehead atoms. The van der Waals surface area contributed by atoms with Gasteiger partial charge in [0.15, 0.2) is 0 Å². The van der Waals surface area contributed by atoms with Gasteiger partial charge in [-0.1, -0.05) is 127 Å². The third-order valence-corrected chi connectivity index (χ3v) is 11.9. The van der Waals surface area contributed by atoms with Gasteiger partial charge in [0.1, 0.15) is 11.2 Å². The van der Waals surface area contributed by atoms with Gasteiger partial charge < -0.3 is 18.8 Å². The smallest absolute Gasteiger partial charge is 0.137 e. The van der Waals surface area contributed by atoms with E-state index in [4.69, 9.17) is 4.42 Å². The largest absolute Gasteiger partial charge is 0.456 e. The van der Waals surface area contributed by atoms with Gasteiger partial charge in [0.25, 0.3) is 0 Å². The van der Waals surface area contributed by atoms with Crippen LogP contribution in [0.1, 0.15) is 0 Å². The second kappa shape index (κ2) is 13.8. The quantitative estimate of drug-likeness (QED) is 0.161. The van der Waals surface area contributed by atoms with Crippen LogP contribution in [0.4, 0.5) is 34.1 Å². The predicted octanol–water partition coefficient (Wildman–Crippen LogP) is 15.9. The molecule has 12 aromatic rings. The Morgan fingerprint density at radius 3 is 1.58 bits per heavy atom. The molecular formula is C56H37N3O. The fourth-order valence-corrected chi connectivity index (χ4v) is 9.15. The average Bonchev–Trinajstić information content (AvgIpc) is 3.84. The summed E-state index contributed by atoms with van der Waals surface area (Å²) >= 11 is 0. The minimum Gasteiger partial charge on any atom is -0.456 e. The molecule has 0 aliphatic heterocycles. The molecule has 10 aromatic carbocycles. The molecule has 0 saturated heterocycles. The number of para-hydroxylation sites is 4. The lowest BCUT2D eigenvalue weighted by atomic mass is 10.0. The van der Waals surface area contributed by atoms with Crippen LogP contribution >= 0.6 is 0 Å². The van der Waals surface area contributed by atoms with Crippen molar-refractivity contribution < 1.29 is 4.42 Å². The highest BCUT2D eigenvalue weighted by Crippen LogP contribution is 2.48. The van der Waals surface area contributed by atoms with E-state index in [1.807, 2.05) is 0 Å². The lowest BCUT2D eigenvalue weighted by molar-refractivity contribution is 0.669. The second-order valence-corrected chi connectivity index (χ2v) is 15.4. The summed E-state index contributed by atoms with van der Waals surface area (Å²) in [5.74, 6) is 0. The molecule has 4 heteroatoms. The van der Waals surface area contributed by atoms with Crippen molar-refractivity contribution in [2.45, 2.75) is 0 Å². The van der Waals surface area contributed by atoms with Gasteiger partial charge in [-0.2, -0.15) is 0 Å². The number of hydrogen-bond donors (Lipinski definition) is 0. The number of aromatic nitrogens is 1. The Hall–Kier alpha value is -8.08. The highest BCUT2D eigenvalue weighted by Gasteiger charge is 2.25. The summed E-state index contributed by atoms with van der Waals surface area (Å²) in [6.07, 6.45) is 0. The first kappa shape index (κ1) is 34.0. The Bertz CT molecular complexity index is 3510. The summed E-state index contributed by atoms with van der Waals surface area (Å²) < 4.78 is 9.12. The standard InChI is InChI=1S/C56H37N3O/c1-4-20-42(21-5-1)57(46-30-31-48-50-33-40-18-12-13-19-41(40)34-54(50)60-55(48)37-46)47-35-52(58(43-22-6-2-7-23-43)44-24-8-3-9-25-44)56-49-26-14-15-27-51(49)59(53(56)36-47)45-29-28-38-16-10-11-17-39(38)32-45/h1-37H. The molecule has 0 spiro atoms. The molecule has 0 unspecified atom stereocenters. The Balaban J connectivity index is 1.18. The van der Waals surface area contributed by atoms with Crippen molar-refractivity contribution >= 4 is 99.4 Å². The first-order valence-corrected chi connectivity index (χ1v) is 20.4. The molecule has 2 heterocycles. The fraction of sp³-hybridized carbons (Fsp3) is 0. The maximum Gasteiger partial charge on any atom is 0.137 e. The molecule has 2 aromatic heterocycles. The molecule has 282 valence electrons. The van der Waals surface area contributed by atoms with Crippen LogP contribution in [0.15, 0.2) is 229 Å². The molecule has 0 fully saturated rings. The van der Waals surface area contributed by atoms with Gasteiger partial charge in [-0.3, -0.25) is 0 Å². The summed E-state index contributed by atoms with van der Waals surface area (Å²) in [4.78, 5) is 4.77. The van der Waals surface area contributed by atoms with Crippen molar-refractivity contribution in [1.29, 1.82) is 0 Å². The Morgan fingerprint density at radius 2 is 0.883 bits per heavy atom. The average molecular weight is 768 g/mol. The van der Waals surface area contributed by atoms with Crippen LogP contribution in [0, 0.1) is 0 Å². The number of nitrogens with zero attached hydrogens (tertiary/aromatic N) is 3. The van der Waals surface area contributed by atoms with Gasteiger partial charge in [-0.05, 0) is 113 Å². The highest BCUT2D eigenvalue weighted by molar-refractivity contribution is 6.18. The maximum atomic E-state index is 6.68. The van der Waals surface area contributed by atoms with E-state index < -0.39 is 0 Å². The number of fused-ring (bicyclic) bond motifs is 8. The van der Waals surface area contributed by atoms with Crippen LogP contribution in [0.3, 0.4) is 0 Å². The minimum atomic E-state index is 0.848. The number of hydrogen-bond acceptors (Lipinski definition) is 3. The normalized spacial score (nSPS) is 11.7. The van der Waals surface area contributed by atoms with Crippen molar-refractivity contribution in [3.63, 3.8) is 0 Å². The van der Waals surface area contributed by atoms with Crippen molar-refractivity contribution in [3.8, 4) is 5.69 Å². The number of rotatable bonds is 7. The van der Waals surface area contributed by atoms with Crippen LogP contribution < -0.4 is 9.80 Å². The molecule has 0 radical (unpaired) electrons. The van der Waals surface area contributed by atoms with E-state index in [1.54, 1.807) is 0 Å². The molecule has 60 heavy (non-hydrogen) atoms. The summed E-state index contributed by atoms with van der Waals surface area (Å²) in [7, 11) is 0. The summed E-state index contributed by atoms with van der Waals surface area (Å²) in [5, 5.41) is 9.35. The summed E-state index contributed by atoms with van der Waals surface area (Å²) in [6.45, 7) is 0. The van der Waals surface area contributed by atoms with Crippen molar-refractivity contribution in [3.05, 3.63) is 224 Å². The van der Waals surface area contributed by atoms with E-state index in [1.165, 1.54) is 32.3 Å². The van der Waals surface area contributed by atoms with Gasteiger partial charge in [-0.15, -0.1) is 0 Å². The first-order valence-electron chi connectivity index (χ1n) is 20.4. The monoisotopic (exact) mass is 767 g/mol.